The van der Waals surface area contributed by atoms with Gasteiger partial charge in [-0.15, -0.1) is 0 Å². The van der Waals surface area contributed by atoms with Crippen molar-refractivity contribution in [2.75, 3.05) is 11.1 Å². The molecular formula is C14H16N4O3. The average molecular weight is 288 g/mol. The zero-order valence-electron chi connectivity index (χ0n) is 12.0. The van der Waals surface area contributed by atoms with Crippen molar-refractivity contribution in [3.05, 3.63) is 35.4 Å². The van der Waals surface area contributed by atoms with Gasteiger partial charge in [-0.3, -0.25) is 14.3 Å². The number of carbonyl (C=O) groups is 2. The van der Waals surface area contributed by atoms with E-state index < -0.39 is 11.9 Å². The molecule has 7 nitrogen and oxygen atoms in total. The molecule has 3 N–H and O–H groups in total. The molecule has 0 radical (unpaired) electrons. The molecule has 0 spiro atoms. The van der Waals surface area contributed by atoms with Gasteiger partial charge in [0.1, 0.15) is 11.6 Å². The van der Waals surface area contributed by atoms with E-state index in [2.05, 4.69) is 10.4 Å². The lowest BCUT2D eigenvalue weighted by Crippen LogP contribution is -2.15. The van der Waals surface area contributed by atoms with Crippen LogP contribution in [0.3, 0.4) is 0 Å². The summed E-state index contributed by atoms with van der Waals surface area (Å²) in [6.45, 7) is 3.04. The first-order valence-electron chi connectivity index (χ1n) is 6.28. The standard InChI is InChI=1S/C14H16N4O3/c1-8-12(15)18(3)17-13(8)16-14(20)10-6-4-5-7-11(10)21-9(2)19/h4-7H,15H2,1-3H3,(H,16,17,20). The molecule has 0 aliphatic carbocycles. The molecule has 21 heavy (non-hydrogen) atoms. The van der Waals surface area contributed by atoms with Crippen LogP contribution >= 0.6 is 0 Å². The Morgan fingerprint density at radius 2 is 2.00 bits per heavy atom. The number of benzene rings is 1. The van der Waals surface area contributed by atoms with Crippen molar-refractivity contribution in [1.82, 2.24) is 9.78 Å². The first-order valence-corrected chi connectivity index (χ1v) is 6.28. The fourth-order valence-electron chi connectivity index (χ4n) is 1.83. The largest absolute Gasteiger partial charge is 0.426 e. The number of carbonyl (C=O) groups excluding carboxylic acids is 2. The second-order valence-corrected chi connectivity index (χ2v) is 4.53. The number of nitrogens with zero attached hydrogens (tertiary/aromatic N) is 2. The summed E-state index contributed by atoms with van der Waals surface area (Å²) in [5, 5.41) is 6.78. The first-order chi connectivity index (χ1) is 9.90. The predicted octanol–water partition coefficient (Wildman–Crippen LogP) is 1.49. The number of rotatable bonds is 3. The number of amides is 1. The van der Waals surface area contributed by atoms with Crippen LogP contribution in [0, 0.1) is 6.92 Å². The van der Waals surface area contributed by atoms with E-state index in [9.17, 15) is 9.59 Å². The minimum atomic E-state index is -0.492. The quantitative estimate of drug-likeness (QED) is 0.658. The maximum atomic E-state index is 12.3. The van der Waals surface area contributed by atoms with Crippen molar-refractivity contribution in [3.63, 3.8) is 0 Å². The Labute approximate surface area is 121 Å². The van der Waals surface area contributed by atoms with Gasteiger partial charge in [0.2, 0.25) is 0 Å². The second-order valence-electron chi connectivity index (χ2n) is 4.53. The summed E-state index contributed by atoms with van der Waals surface area (Å²) < 4.78 is 6.49. The maximum Gasteiger partial charge on any atom is 0.308 e. The number of hydrogen-bond acceptors (Lipinski definition) is 5. The van der Waals surface area contributed by atoms with E-state index in [4.69, 9.17) is 10.5 Å². The second kappa shape index (κ2) is 5.66. The van der Waals surface area contributed by atoms with Crippen LogP contribution in [-0.4, -0.2) is 21.7 Å². The number of nitrogens with one attached hydrogen (secondary N) is 1. The van der Waals surface area contributed by atoms with Crippen molar-refractivity contribution in [3.8, 4) is 5.75 Å². The topological polar surface area (TPSA) is 99.2 Å². The average Bonchev–Trinajstić information content (AvgIpc) is 2.66. The van der Waals surface area contributed by atoms with Gasteiger partial charge < -0.3 is 15.8 Å². The molecule has 0 saturated heterocycles. The number of nitrogens with two attached hydrogens (primary N) is 1. The highest BCUT2D eigenvalue weighted by Gasteiger charge is 2.17. The number of ether oxygens (including phenoxy) is 1. The fourth-order valence-corrected chi connectivity index (χ4v) is 1.83. The maximum absolute atomic E-state index is 12.3. The number of anilines is 2. The predicted molar refractivity (Wildman–Crippen MR) is 78.1 cm³/mol. The molecule has 0 atom stereocenters. The van der Waals surface area contributed by atoms with E-state index in [1.54, 1.807) is 38.2 Å². The van der Waals surface area contributed by atoms with E-state index in [1.807, 2.05) is 0 Å². The third kappa shape index (κ3) is 3.02. The molecule has 1 amide bonds. The summed E-state index contributed by atoms with van der Waals surface area (Å²) in [6.07, 6.45) is 0. The normalized spacial score (nSPS) is 10.2. The lowest BCUT2D eigenvalue weighted by Gasteiger charge is -2.08. The zero-order valence-corrected chi connectivity index (χ0v) is 12.0. The lowest BCUT2D eigenvalue weighted by molar-refractivity contribution is -0.131. The Kier molecular flexibility index (Phi) is 3.93. The summed E-state index contributed by atoms with van der Waals surface area (Å²) in [4.78, 5) is 23.4. The zero-order chi connectivity index (χ0) is 15.6. The van der Waals surface area contributed by atoms with Crippen LogP contribution in [0.4, 0.5) is 11.6 Å². The van der Waals surface area contributed by atoms with Gasteiger partial charge in [0.25, 0.3) is 5.91 Å². The molecule has 0 saturated carbocycles. The molecule has 1 aromatic heterocycles. The van der Waals surface area contributed by atoms with E-state index in [0.29, 0.717) is 17.2 Å². The van der Waals surface area contributed by atoms with Crippen LogP contribution in [0.1, 0.15) is 22.8 Å². The summed E-state index contributed by atoms with van der Waals surface area (Å²) in [6, 6.07) is 6.48. The van der Waals surface area contributed by atoms with E-state index >= 15 is 0 Å². The summed E-state index contributed by atoms with van der Waals surface area (Å²) >= 11 is 0. The van der Waals surface area contributed by atoms with Gasteiger partial charge in [0.05, 0.1) is 5.56 Å². The Morgan fingerprint density at radius 3 is 2.57 bits per heavy atom. The highest BCUT2D eigenvalue weighted by atomic mass is 16.5. The molecule has 1 aromatic carbocycles. The third-order valence-corrected chi connectivity index (χ3v) is 2.96. The van der Waals surface area contributed by atoms with Gasteiger partial charge in [-0.2, -0.15) is 5.10 Å². The van der Waals surface area contributed by atoms with Crippen molar-refractivity contribution < 1.29 is 14.3 Å². The monoisotopic (exact) mass is 288 g/mol. The molecule has 110 valence electrons. The Bertz CT molecular complexity index is 706. The van der Waals surface area contributed by atoms with Crippen LogP contribution in [0.5, 0.6) is 5.75 Å². The Hall–Kier alpha value is -2.83. The van der Waals surface area contributed by atoms with Gasteiger partial charge in [-0.1, -0.05) is 12.1 Å². The lowest BCUT2D eigenvalue weighted by atomic mass is 10.2. The number of aromatic nitrogens is 2. The molecular weight excluding hydrogens is 272 g/mol. The van der Waals surface area contributed by atoms with Crippen molar-refractivity contribution in [1.29, 1.82) is 0 Å². The van der Waals surface area contributed by atoms with E-state index in [1.165, 1.54) is 11.6 Å². The Balaban J connectivity index is 2.28. The number of aryl methyl sites for hydroxylation is 1. The first kappa shape index (κ1) is 14.6. The smallest absolute Gasteiger partial charge is 0.308 e. The molecule has 2 aromatic rings. The van der Waals surface area contributed by atoms with E-state index in [-0.39, 0.29) is 11.3 Å². The van der Waals surface area contributed by atoms with Crippen LogP contribution in [-0.2, 0) is 11.8 Å². The molecule has 0 fully saturated rings. The molecule has 7 heteroatoms. The number of esters is 1. The summed E-state index contributed by atoms with van der Waals surface area (Å²) in [5.74, 6) is 0.127. The molecule has 0 aliphatic rings. The minimum absolute atomic E-state index is 0.198. The number of hydrogen-bond donors (Lipinski definition) is 2. The van der Waals surface area contributed by atoms with Gasteiger partial charge in [0, 0.05) is 19.5 Å². The summed E-state index contributed by atoms with van der Waals surface area (Å²) in [5.41, 5.74) is 6.72. The molecule has 1 heterocycles. The number of para-hydroxylation sites is 1. The number of nitrogen functional groups attached to an aromatic ring is 1. The van der Waals surface area contributed by atoms with Gasteiger partial charge in [-0.25, -0.2) is 0 Å². The highest BCUT2D eigenvalue weighted by molar-refractivity contribution is 6.06. The van der Waals surface area contributed by atoms with Gasteiger partial charge in [0.15, 0.2) is 5.82 Å². The van der Waals surface area contributed by atoms with E-state index in [0.717, 1.165) is 0 Å². The molecule has 2 rings (SSSR count). The summed E-state index contributed by atoms with van der Waals surface area (Å²) in [7, 11) is 1.69. The van der Waals surface area contributed by atoms with Crippen LogP contribution in [0.2, 0.25) is 0 Å². The fraction of sp³-hybridized carbons (Fsp3) is 0.214. The molecule has 0 unspecified atom stereocenters. The van der Waals surface area contributed by atoms with Crippen molar-refractivity contribution in [2.24, 2.45) is 7.05 Å². The van der Waals surface area contributed by atoms with Crippen LogP contribution in [0.15, 0.2) is 24.3 Å². The SMILES string of the molecule is CC(=O)Oc1ccccc1C(=O)Nc1nn(C)c(N)c1C. The van der Waals surface area contributed by atoms with Gasteiger partial charge in [-0.05, 0) is 19.1 Å². The van der Waals surface area contributed by atoms with Crippen molar-refractivity contribution >= 4 is 23.5 Å². The Morgan fingerprint density at radius 1 is 1.33 bits per heavy atom. The molecule has 0 aliphatic heterocycles. The van der Waals surface area contributed by atoms with Crippen LogP contribution in [0.25, 0.3) is 0 Å². The minimum Gasteiger partial charge on any atom is -0.426 e. The van der Waals surface area contributed by atoms with Gasteiger partial charge >= 0.3 is 5.97 Å². The highest BCUT2D eigenvalue weighted by Crippen LogP contribution is 2.23. The molecule has 0 bridgehead atoms. The third-order valence-electron chi connectivity index (χ3n) is 2.96. The van der Waals surface area contributed by atoms with Crippen molar-refractivity contribution in [2.45, 2.75) is 13.8 Å². The van der Waals surface area contributed by atoms with Crippen LogP contribution < -0.4 is 15.8 Å².